The number of methoxy groups -OCH3 is 1. The highest BCUT2D eigenvalue weighted by Gasteiger charge is 2.28. The monoisotopic (exact) mass is 340 g/mol. The summed E-state index contributed by atoms with van der Waals surface area (Å²) in [4.78, 5) is 0. The molecule has 3 rings (SSSR count). The van der Waals surface area contributed by atoms with Crippen molar-refractivity contribution in [1.29, 1.82) is 0 Å². The summed E-state index contributed by atoms with van der Waals surface area (Å²) in [6, 6.07) is 8.57. The lowest BCUT2D eigenvalue weighted by atomic mass is 9.70. The Morgan fingerprint density at radius 3 is 2.28 bits per heavy atom. The van der Waals surface area contributed by atoms with Crippen molar-refractivity contribution in [3.63, 3.8) is 0 Å². The molecule has 0 bridgehead atoms. The molecule has 0 N–H and O–H groups in total. The fourth-order valence-corrected chi connectivity index (χ4v) is 5.02. The van der Waals surface area contributed by atoms with Gasteiger partial charge < -0.3 is 4.74 Å². The molecule has 0 aromatic heterocycles. The highest BCUT2D eigenvalue weighted by Crippen LogP contribution is 2.41. The molecular weight excluding hydrogens is 304 g/mol. The zero-order valence-electron chi connectivity index (χ0n) is 16.3. The van der Waals surface area contributed by atoms with Crippen LogP contribution in [0.15, 0.2) is 35.9 Å². The SMILES string of the molecule is CCCC1CCC(C2CC=C(CCc3ccc(OC)cc3)CC2)CC1. The molecule has 1 saturated carbocycles. The van der Waals surface area contributed by atoms with Gasteiger partial charge in [0.05, 0.1) is 7.11 Å². The van der Waals surface area contributed by atoms with Crippen LogP contribution in [0.3, 0.4) is 0 Å². The fourth-order valence-electron chi connectivity index (χ4n) is 5.02. The molecule has 0 radical (unpaired) electrons. The van der Waals surface area contributed by atoms with Gasteiger partial charge in [-0.2, -0.15) is 0 Å². The fraction of sp³-hybridized carbons (Fsp3) is 0.667. The van der Waals surface area contributed by atoms with Crippen molar-refractivity contribution >= 4 is 0 Å². The topological polar surface area (TPSA) is 9.23 Å². The van der Waals surface area contributed by atoms with Crippen LogP contribution in [0.5, 0.6) is 5.75 Å². The second-order valence-electron chi connectivity index (χ2n) is 8.31. The van der Waals surface area contributed by atoms with Gasteiger partial charge in [-0.15, -0.1) is 0 Å². The van der Waals surface area contributed by atoms with E-state index in [0.29, 0.717) is 0 Å². The third kappa shape index (κ3) is 5.36. The van der Waals surface area contributed by atoms with E-state index in [2.05, 4.69) is 37.3 Å². The van der Waals surface area contributed by atoms with Crippen LogP contribution in [0.1, 0.15) is 76.7 Å². The lowest BCUT2D eigenvalue weighted by Crippen LogP contribution is -2.23. The lowest BCUT2D eigenvalue weighted by molar-refractivity contribution is 0.186. The molecule has 0 spiro atoms. The van der Waals surface area contributed by atoms with Gasteiger partial charge in [0.1, 0.15) is 5.75 Å². The second kappa shape index (κ2) is 9.46. The van der Waals surface area contributed by atoms with Crippen molar-refractivity contribution in [2.24, 2.45) is 17.8 Å². The highest BCUT2D eigenvalue weighted by molar-refractivity contribution is 5.27. The van der Waals surface area contributed by atoms with Gasteiger partial charge >= 0.3 is 0 Å². The number of ether oxygens (including phenoxy) is 1. The first-order valence-corrected chi connectivity index (χ1v) is 10.6. The highest BCUT2D eigenvalue weighted by atomic mass is 16.5. The van der Waals surface area contributed by atoms with Crippen LogP contribution in [0.2, 0.25) is 0 Å². The minimum absolute atomic E-state index is 0.956. The Morgan fingerprint density at radius 2 is 1.68 bits per heavy atom. The standard InChI is InChI=1S/C24H36O/c1-3-4-19-7-13-22(14-8-19)23-15-9-20(10-16-23)5-6-21-11-17-24(25-2)18-12-21/h9,11-12,17-19,22-23H,3-8,10,13-16H2,1-2H3. The maximum atomic E-state index is 5.24. The van der Waals surface area contributed by atoms with Crippen LogP contribution in [0, 0.1) is 17.8 Å². The molecule has 1 atom stereocenters. The maximum absolute atomic E-state index is 5.24. The van der Waals surface area contributed by atoms with Crippen molar-refractivity contribution in [2.45, 2.75) is 77.6 Å². The van der Waals surface area contributed by atoms with Crippen molar-refractivity contribution in [2.75, 3.05) is 7.11 Å². The van der Waals surface area contributed by atoms with E-state index in [4.69, 9.17) is 4.74 Å². The average molecular weight is 341 g/mol. The molecule has 0 saturated heterocycles. The summed E-state index contributed by atoms with van der Waals surface area (Å²) in [5, 5.41) is 0. The summed E-state index contributed by atoms with van der Waals surface area (Å²) in [6.07, 6.45) is 18.0. The van der Waals surface area contributed by atoms with E-state index in [9.17, 15) is 0 Å². The van der Waals surface area contributed by atoms with Crippen LogP contribution in [0.25, 0.3) is 0 Å². The van der Waals surface area contributed by atoms with E-state index in [1.54, 1.807) is 12.7 Å². The van der Waals surface area contributed by atoms with E-state index in [-0.39, 0.29) is 0 Å². The molecule has 1 fully saturated rings. The molecule has 138 valence electrons. The molecule has 25 heavy (non-hydrogen) atoms. The first-order valence-electron chi connectivity index (χ1n) is 10.6. The number of aryl methyl sites for hydroxylation is 1. The van der Waals surface area contributed by atoms with Gasteiger partial charge in [-0.1, -0.05) is 56.4 Å². The molecule has 2 aliphatic rings. The Bertz CT molecular complexity index is 534. The molecule has 0 amide bonds. The van der Waals surface area contributed by atoms with E-state index in [0.717, 1.165) is 23.5 Å². The summed E-state index contributed by atoms with van der Waals surface area (Å²) in [6.45, 7) is 2.34. The Morgan fingerprint density at radius 1 is 0.920 bits per heavy atom. The molecule has 0 heterocycles. The van der Waals surface area contributed by atoms with Crippen molar-refractivity contribution in [3.05, 3.63) is 41.5 Å². The zero-order valence-corrected chi connectivity index (χ0v) is 16.3. The maximum Gasteiger partial charge on any atom is 0.118 e. The van der Waals surface area contributed by atoms with Crippen LogP contribution in [-0.2, 0) is 6.42 Å². The number of hydrogen-bond acceptors (Lipinski definition) is 1. The number of hydrogen-bond donors (Lipinski definition) is 0. The largest absolute Gasteiger partial charge is 0.497 e. The molecule has 1 aromatic rings. The number of allylic oxidation sites excluding steroid dienone is 2. The summed E-state index contributed by atoms with van der Waals surface area (Å²) in [5.41, 5.74) is 3.13. The molecule has 1 aromatic carbocycles. The smallest absolute Gasteiger partial charge is 0.118 e. The number of benzene rings is 1. The van der Waals surface area contributed by atoms with Gasteiger partial charge in [0.25, 0.3) is 0 Å². The van der Waals surface area contributed by atoms with E-state index >= 15 is 0 Å². The van der Waals surface area contributed by atoms with Crippen LogP contribution in [0.4, 0.5) is 0 Å². The summed E-state index contributed by atoms with van der Waals surface area (Å²) in [5.74, 6) is 4.00. The normalized spacial score (nSPS) is 27.0. The molecular formula is C24H36O. The van der Waals surface area contributed by atoms with E-state index < -0.39 is 0 Å². The Hall–Kier alpha value is -1.24. The molecule has 2 aliphatic carbocycles. The Kier molecular flexibility index (Phi) is 7.02. The Balaban J connectivity index is 1.41. The van der Waals surface area contributed by atoms with Gasteiger partial charge in [-0.25, -0.2) is 0 Å². The van der Waals surface area contributed by atoms with Gasteiger partial charge in [0.15, 0.2) is 0 Å². The average Bonchev–Trinajstić information content (AvgIpc) is 2.68. The van der Waals surface area contributed by atoms with Crippen LogP contribution in [-0.4, -0.2) is 7.11 Å². The van der Waals surface area contributed by atoms with Gasteiger partial charge in [0, 0.05) is 0 Å². The van der Waals surface area contributed by atoms with Crippen molar-refractivity contribution in [1.82, 2.24) is 0 Å². The van der Waals surface area contributed by atoms with Gasteiger partial charge in [-0.3, -0.25) is 0 Å². The third-order valence-corrected chi connectivity index (χ3v) is 6.69. The minimum atomic E-state index is 0.956. The molecule has 1 nitrogen and oxygen atoms in total. The van der Waals surface area contributed by atoms with Gasteiger partial charge in [-0.05, 0) is 80.4 Å². The summed E-state index contributed by atoms with van der Waals surface area (Å²) in [7, 11) is 1.73. The molecule has 1 heteroatoms. The lowest BCUT2D eigenvalue weighted by Gasteiger charge is -2.35. The molecule has 0 aliphatic heterocycles. The van der Waals surface area contributed by atoms with E-state index in [1.165, 1.54) is 76.2 Å². The number of rotatable bonds is 7. The predicted octanol–water partition coefficient (Wildman–Crippen LogP) is 6.96. The summed E-state index contributed by atoms with van der Waals surface area (Å²) < 4.78 is 5.24. The Labute approximate surface area is 154 Å². The zero-order chi connectivity index (χ0) is 17.5. The minimum Gasteiger partial charge on any atom is -0.497 e. The first kappa shape index (κ1) is 18.5. The quantitative estimate of drug-likeness (QED) is 0.487. The van der Waals surface area contributed by atoms with E-state index in [1.807, 2.05) is 0 Å². The predicted molar refractivity (Wildman–Crippen MR) is 107 cm³/mol. The first-order chi connectivity index (χ1) is 12.3. The summed E-state index contributed by atoms with van der Waals surface area (Å²) >= 11 is 0. The van der Waals surface area contributed by atoms with Crippen LogP contribution < -0.4 is 4.74 Å². The third-order valence-electron chi connectivity index (χ3n) is 6.69. The van der Waals surface area contributed by atoms with Crippen molar-refractivity contribution < 1.29 is 4.74 Å². The molecule has 1 unspecified atom stereocenters. The van der Waals surface area contributed by atoms with Crippen LogP contribution >= 0.6 is 0 Å². The van der Waals surface area contributed by atoms with Crippen molar-refractivity contribution in [3.8, 4) is 5.75 Å². The van der Waals surface area contributed by atoms with Gasteiger partial charge in [0.2, 0.25) is 0 Å². The second-order valence-corrected chi connectivity index (χ2v) is 8.31.